The molecule has 38 heavy (non-hydrogen) atoms. The molecule has 0 bridgehead atoms. The predicted molar refractivity (Wildman–Crippen MR) is 128 cm³/mol. The van der Waals surface area contributed by atoms with E-state index in [1.165, 1.54) is 12.1 Å². The van der Waals surface area contributed by atoms with E-state index in [-0.39, 0.29) is 12.0 Å². The lowest BCUT2D eigenvalue weighted by Crippen LogP contribution is -2.41. The minimum Gasteiger partial charge on any atom is -0.420 e. The van der Waals surface area contributed by atoms with Gasteiger partial charge in [-0.1, -0.05) is 51.3 Å². The first-order chi connectivity index (χ1) is 17.9. The average molecular weight is 539 g/mol. The van der Waals surface area contributed by atoms with Gasteiger partial charge in [-0.2, -0.15) is 17.6 Å². The number of ether oxygens (including phenoxy) is 1. The number of unbranched alkanes of at least 4 members (excludes halogenated alkanes) is 2. The molecule has 3 aromatic rings. The summed E-state index contributed by atoms with van der Waals surface area (Å²) in [5.41, 5.74) is -4.58. The number of esters is 1. The number of aryl methyl sites for hydroxylation is 2. The van der Waals surface area contributed by atoms with Gasteiger partial charge < -0.3 is 4.74 Å². The van der Waals surface area contributed by atoms with E-state index in [9.17, 15) is 13.6 Å². The summed E-state index contributed by atoms with van der Waals surface area (Å²) >= 11 is 0. The smallest absolute Gasteiger partial charge is 0.346 e. The summed E-state index contributed by atoms with van der Waals surface area (Å²) in [6.07, 6.45) is 3.72. The Balaban J connectivity index is 1.73. The zero-order valence-electron chi connectivity index (χ0n) is 20.7. The summed E-state index contributed by atoms with van der Waals surface area (Å²) in [6.45, 7) is 3.68. The molecule has 0 unspecified atom stereocenters. The van der Waals surface area contributed by atoms with E-state index in [4.69, 9.17) is 4.74 Å². The molecule has 1 aliphatic carbocycles. The largest absolute Gasteiger partial charge is 0.420 e. The Bertz CT molecular complexity index is 1380. The lowest BCUT2D eigenvalue weighted by molar-refractivity contribution is -0.227. The molecule has 0 saturated carbocycles. The molecule has 0 heterocycles. The van der Waals surface area contributed by atoms with Gasteiger partial charge in [0.15, 0.2) is 11.6 Å². The van der Waals surface area contributed by atoms with Crippen molar-refractivity contribution in [3.63, 3.8) is 0 Å². The van der Waals surface area contributed by atoms with Crippen LogP contribution in [0.1, 0.15) is 72.1 Å². The number of fused-ring (bicyclic) bond motifs is 3. The number of alkyl halides is 4. The summed E-state index contributed by atoms with van der Waals surface area (Å²) in [4.78, 5) is 12.5. The van der Waals surface area contributed by atoms with Gasteiger partial charge in [-0.3, -0.25) is 0 Å². The maximum absolute atomic E-state index is 15.3. The van der Waals surface area contributed by atoms with E-state index < -0.39 is 68.8 Å². The third kappa shape index (κ3) is 4.56. The van der Waals surface area contributed by atoms with E-state index in [1.54, 1.807) is 6.92 Å². The van der Waals surface area contributed by atoms with Gasteiger partial charge in [0.1, 0.15) is 11.6 Å². The van der Waals surface area contributed by atoms with Crippen molar-refractivity contribution in [3.8, 4) is 16.9 Å². The van der Waals surface area contributed by atoms with Crippen LogP contribution in [-0.2, 0) is 24.7 Å². The molecule has 0 amide bonds. The van der Waals surface area contributed by atoms with E-state index in [0.717, 1.165) is 49.6 Å². The summed E-state index contributed by atoms with van der Waals surface area (Å²) in [6, 6.07) is 7.65. The third-order valence-electron chi connectivity index (χ3n) is 6.69. The fourth-order valence-corrected chi connectivity index (χ4v) is 4.71. The lowest BCUT2D eigenvalue weighted by Gasteiger charge is -2.35. The molecule has 0 spiro atoms. The fraction of sp³-hybridized carbons (Fsp3) is 0.345. The van der Waals surface area contributed by atoms with Gasteiger partial charge in [-0.25, -0.2) is 18.0 Å². The molecular formula is C29H25F7O2. The van der Waals surface area contributed by atoms with Crippen molar-refractivity contribution in [1.82, 2.24) is 0 Å². The highest BCUT2D eigenvalue weighted by molar-refractivity contribution is 5.91. The SMILES string of the molecule is CCCCCc1ccc(C(=O)Oc2ccc3c(c2F)C(F)(F)C(F)(F)c2c-3ccc(CCC)c2F)c(F)c1. The van der Waals surface area contributed by atoms with Crippen molar-refractivity contribution in [2.45, 2.75) is 64.2 Å². The first-order valence-electron chi connectivity index (χ1n) is 12.4. The molecule has 1 aliphatic rings. The molecule has 2 nitrogen and oxygen atoms in total. The highest BCUT2D eigenvalue weighted by atomic mass is 19.3. The first-order valence-corrected chi connectivity index (χ1v) is 12.4. The number of carbonyl (C=O) groups excluding carboxylic acids is 1. The zero-order valence-corrected chi connectivity index (χ0v) is 20.7. The molecule has 0 N–H and O–H groups in total. The molecule has 202 valence electrons. The van der Waals surface area contributed by atoms with Crippen molar-refractivity contribution in [2.24, 2.45) is 0 Å². The van der Waals surface area contributed by atoms with Gasteiger partial charge in [0.25, 0.3) is 0 Å². The number of rotatable bonds is 8. The molecule has 0 aromatic heterocycles. The van der Waals surface area contributed by atoms with Crippen molar-refractivity contribution in [2.75, 3.05) is 0 Å². The van der Waals surface area contributed by atoms with Gasteiger partial charge in [-0.05, 0) is 65.8 Å². The first kappa shape index (κ1) is 27.7. The van der Waals surface area contributed by atoms with E-state index >= 15 is 22.0 Å². The van der Waals surface area contributed by atoms with Gasteiger partial charge in [0.05, 0.1) is 16.7 Å². The molecule has 0 radical (unpaired) electrons. The zero-order chi connectivity index (χ0) is 27.8. The normalized spacial score (nSPS) is 15.1. The van der Waals surface area contributed by atoms with Crippen LogP contribution in [0.15, 0.2) is 42.5 Å². The molecular weight excluding hydrogens is 513 g/mol. The van der Waals surface area contributed by atoms with Crippen LogP contribution in [0.3, 0.4) is 0 Å². The highest BCUT2D eigenvalue weighted by Crippen LogP contribution is 2.60. The van der Waals surface area contributed by atoms with Crippen molar-refractivity contribution in [3.05, 3.63) is 87.7 Å². The summed E-state index contributed by atoms with van der Waals surface area (Å²) < 4.78 is 110. The Morgan fingerprint density at radius 3 is 2.00 bits per heavy atom. The number of hydrogen-bond acceptors (Lipinski definition) is 2. The van der Waals surface area contributed by atoms with Crippen molar-refractivity contribution < 1.29 is 40.3 Å². The number of carbonyl (C=O) groups is 1. The van der Waals surface area contributed by atoms with E-state index in [2.05, 4.69) is 0 Å². The fourth-order valence-electron chi connectivity index (χ4n) is 4.71. The highest BCUT2D eigenvalue weighted by Gasteiger charge is 2.65. The van der Waals surface area contributed by atoms with Crippen molar-refractivity contribution >= 4 is 5.97 Å². The van der Waals surface area contributed by atoms with Crippen LogP contribution in [0.4, 0.5) is 30.7 Å². The second-order valence-corrected chi connectivity index (χ2v) is 9.32. The molecule has 3 aromatic carbocycles. The maximum atomic E-state index is 15.3. The van der Waals surface area contributed by atoms with Gasteiger partial charge in [0, 0.05) is 0 Å². The molecule has 0 fully saturated rings. The Morgan fingerprint density at radius 1 is 0.763 bits per heavy atom. The Kier molecular flexibility index (Phi) is 7.59. The molecule has 9 heteroatoms. The standard InChI is InChI=1S/C29H25F7O2/c1-3-5-6-8-16-9-11-20(21(30)15-16)27(37)38-22-14-13-19-18-12-10-17(7-4-2)25(31)23(18)28(33,34)29(35,36)24(19)26(22)32/h9-15H,3-8H2,1-2H3. The molecule has 0 atom stereocenters. The van der Waals surface area contributed by atoms with Crippen LogP contribution in [0.5, 0.6) is 5.75 Å². The maximum Gasteiger partial charge on any atom is 0.346 e. The Hall–Kier alpha value is -3.36. The predicted octanol–water partition coefficient (Wildman–Crippen LogP) is 8.87. The minimum absolute atomic E-state index is 0.0488. The lowest BCUT2D eigenvalue weighted by atomic mass is 9.79. The monoisotopic (exact) mass is 538 g/mol. The Morgan fingerprint density at radius 2 is 1.39 bits per heavy atom. The second kappa shape index (κ2) is 10.4. The average Bonchev–Trinajstić information content (AvgIpc) is 2.85. The van der Waals surface area contributed by atoms with E-state index in [0.29, 0.717) is 18.4 Å². The van der Waals surface area contributed by atoms with E-state index in [1.807, 2.05) is 6.92 Å². The second-order valence-electron chi connectivity index (χ2n) is 9.32. The van der Waals surface area contributed by atoms with Crippen LogP contribution in [0.25, 0.3) is 11.1 Å². The summed E-state index contributed by atoms with van der Waals surface area (Å²) in [7, 11) is 0. The van der Waals surface area contributed by atoms with Crippen LogP contribution in [-0.4, -0.2) is 5.97 Å². The third-order valence-corrected chi connectivity index (χ3v) is 6.69. The van der Waals surface area contributed by atoms with Crippen LogP contribution < -0.4 is 4.74 Å². The van der Waals surface area contributed by atoms with Crippen LogP contribution in [0.2, 0.25) is 0 Å². The Labute approximate surface area is 215 Å². The number of benzene rings is 3. The van der Waals surface area contributed by atoms with Crippen LogP contribution >= 0.6 is 0 Å². The number of halogens is 7. The summed E-state index contributed by atoms with van der Waals surface area (Å²) in [5, 5.41) is 0. The van der Waals surface area contributed by atoms with Gasteiger partial charge in [-0.15, -0.1) is 0 Å². The van der Waals surface area contributed by atoms with Crippen molar-refractivity contribution in [1.29, 1.82) is 0 Å². The van der Waals surface area contributed by atoms with Gasteiger partial charge in [0.2, 0.25) is 0 Å². The topological polar surface area (TPSA) is 26.3 Å². The molecule has 4 rings (SSSR count). The quantitative estimate of drug-likeness (QED) is 0.124. The summed E-state index contributed by atoms with van der Waals surface area (Å²) in [5.74, 6) is -17.1. The van der Waals surface area contributed by atoms with Crippen LogP contribution in [0, 0.1) is 17.5 Å². The molecule has 0 saturated heterocycles. The van der Waals surface area contributed by atoms with Gasteiger partial charge >= 0.3 is 17.8 Å². The molecule has 0 aliphatic heterocycles. The minimum atomic E-state index is -5.17. The number of hydrogen-bond donors (Lipinski definition) is 0.